The molecule has 7 nitrogen and oxygen atoms in total. The minimum Gasteiger partial charge on any atom is -0.482 e. The van der Waals surface area contributed by atoms with Crippen molar-refractivity contribution in [1.82, 2.24) is 9.88 Å². The third-order valence-electron chi connectivity index (χ3n) is 7.75. The van der Waals surface area contributed by atoms with Gasteiger partial charge >= 0.3 is 5.97 Å². The van der Waals surface area contributed by atoms with Crippen LogP contribution in [-0.2, 0) is 17.8 Å². The summed E-state index contributed by atoms with van der Waals surface area (Å²) >= 11 is 0. The lowest BCUT2D eigenvalue weighted by Crippen LogP contribution is -2.22. The van der Waals surface area contributed by atoms with E-state index < -0.39 is 35.7 Å². The first kappa shape index (κ1) is 27.0. The molecule has 5 rings (SSSR count). The van der Waals surface area contributed by atoms with Gasteiger partial charge in [0, 0.05) is 23.7 Å². The van der Waals surface area contributed by atoms with E-state index in [1.165, 1.54) is 20.1 Å². The van der Waals surface area contributed by atoms with Crippen molar-refractivity contribution in [3.05, 3.63) is 76.5 Å². The molecule has 2 aromatic carbocycles. The summed E-state index contributed by atoms with van der Waals surface area (Å²) in [6.07, 6.45) is 2.59. The van der Waals surface area contributed by atoms with Gasteiger partial charge in [-0.1, -0.05) is 30.3 Å². The number of carboxylic acid groups (broad SMARTS) is 1. The van der Waals surface area contributed by atoms with E-state index in [4.69, 9.17) is 9.47 Å². The van der Waals surface area contributed by atoms with E-state index in [0.29, 0.717) is 36.4 Å². The number of aliphatic carboxylic acids is 1. The average Bonchev–Trinajstić information content (AvgIpc) is 3.46. The molecule has 0 unspecified atom stereocenters. The smallest absolute Gasteiger partial charge is 0.309 e. The summed E-state index contributed by atoms with van der Waals surface area (Å²) in [7, 11) is 1.49. The van der Waals surface area contributed by atoms with Gasteiger partial charge in [-0.25, -0.2) is 13.8 Å². The summed E-state index contributed by atoms with van der Waals surface area (Å²) in [6.45, 7) is 3.89. The number of fused-ring (bicyclic) bond motifs is 1. The number of ether oxygens (including phenoxy) is 2. The molecule has 2 aliphatic heterocycles. The van der Waals surface area contributed by atoms with Gasteiger partial charge in [0.05, 0.1) is 25.3 Å². The number of aliphatic hydroxyl groups excluding tert-OH is 1. The summed E-state index contributed by atoms with van der Waals surface area (Å²) in [5.74, 6) is -3.22. The zero-order valence-electron chi connectivity index (χ0n) is 22.0. The van der Waals surface area contributed by atoms with Crippen LogP contribution in [0.25, 0.3) is 11.1 Å². The third-order valence-corrected chi connectivity index (χ3v) is 7.75. The van der Waals surface area contributed by atoms with Gasteiger partial charge in [0.25, 0.3) is 0 Å². The van der Waals surface area contributed by atoms with E-state index >= 15 is 4.39 Å². The monoisotopic (exact) mass is 538 g/mol. The van der Waals surface area contributed by atoms with E-state index in [-0.39, 0.29) is 11.3 Å². The van der Waals surface area contributed by atoms with Crippen LogP contribution in [0.2, 0.25) is 0 Å². The van der Waals surface area contributed by atoms with Gasteiger partial charge in [0.15, 0.2) is 11.6 Å². The number of rotatable bonds is 8. The molecule has 1 aromatic heterocycles. The number of aryl methyl sites for hydroxylation is 1. The highest BCUT2D eigenvalue weighted by Gasteiger charge is 2.31. The molecule has 0 aliphatic carbocycles. The second-order valence-corrected chi connectivity index (χ2v) is 10.3. The highest BCUT2D eigenvalue weighted by molar-refractivity contribution is 5.71. The van der Waals surface area contributed by atoms with Crippen LogP contribution in [0.4, 0.5) is 8.78 Å². The number of hydrogen-bond donors (Lipinski definition) is 2. The van der Waals surface area contributed by atoms with Gasteiger partial charge in [-0.3, -0.25) is 9.69 Å². The fourth-order valence-corrected chi connectivity index (χ4v) is 5.42. The predicted octanol–water partition coefficient (Wildman–Crippen LogP) is 5.45. The Balaban J connectivity index is 1.49. The minimum absolute atomic E-state index is 0.0375. The van der Waals surface area contributed by atoms with Gasteiger partial charge < -0.3 is 19.7 Å². The zero-order valence-corrected chi connectivity index (χ0v) is 22.0. The Kier molecular flexibility index (Phi) is 7.81. The van der Waals surface area contributed by atoms with Crippen molar-refractivity contribution in [3.8, 4) is 22.8 Å². The number of aliphatic hydroxyl groups is 1. The van der Waals surface area contributed by atoms with E-state index in [1.807, 2.05) is 18.2 Å². The van der Waals surface area contributed by atoms with Crippen LogP contribution in [0.1, 0.15) is 60.6 Å². The van der Waals surface area contributed by atoms with E-state index in [0.717, 1.165) is 48.8 Å². The van der Waals surface area contributed by atoms with Crippen molar-refractivity contribution in [1.29, 1.82) is 0 Å². The summed E-state index contributed by atoms with van der Waals surface area (Å²) in [5, 5.41) is 19.7. The van der Waals surface area contributed by atoms with E-state index in [9.17, 15) is 19.4 Å². The number of aromatic nitrogens is 1. The van der Waals surface area contributed by atoms with Crippen LogP contribution in [0.3, 0.4) is 0 Å². The number of methoxy groups -OCH3 is 1. The first-order valence-electron chi connectivity index (χ1n) is 13.2. The van der Waals surface area contributed by atoms with E-state index in [2.05, 4.69) is 9.88 Å². The highest BCUT2D eigenvalue weighted by Crippen LogP contribution is 2.41. The quantitative estimate of drug-likeness (QED) is 0.394. The number of nitrogens with zero attached hydrogens (tertiary/aromatic N) is 2. The maximum absolute atomic E-state index is 15.5. The van der Waals surface area contributed by atoms with Crippen LogP contribution in [0, 0.1) is 17.6 Å². The molecular formula is C30H32F2N2O5. The van der Waals surface area contributed by atoms with Gasteiger partial charge in [-0.05, 0) is 68.0 Å². The number of likely N-dealkylation sites (tertiary alicyclic amines) is 1. The molecule has 206 valence electrons. The minimum atomic E-state index is -1.50. The molecule has 0 amide bonds. The molecule has 3 heterocycles. The summed E-state index contributed by atoms with van der Waals surface area (Å²) in [6, 6.07) is 10.4. The molecule has 0 radical (unpaired) electrons. The number of pyridine rings is 1. The first-order chi connectivity index (χ1) is 18.8. The van der Waals surface area contributed by atoms with E-state index in [1.54, 1.807) is 12.1 Å². The molecule has 2 aliphatic rings. The Bertz CT molecular complexity index is 1380. The fraction of sp³-hybridized carbons (Fsp3) is 0.400. The zero-order chi connectivity index (χ0) is 27.7. The van der Waals surface area contributed by atoms with Crippen molar-refractivity contribution < 1.29 is 33.3 Å². The number of carboxylic acids is 1. The molecule has 0 bridgehead atoms. The second-order valence-electron chi connectivity index (χ2n) is 10.3. The fourth-order valence-electron chi connectivity index (χ4n) is 5.42. The SMILES string of the molecule is COc1cc(-c2ccc([C@H]3CCc4ccc([C@H](O)[C@H](C)C(=O)O)c(F)c4O3)cc2CN2CCCC2)c(F)cn1. The summed E-state index contributed by atoms with van der Waals surface area (Å²) < 4.78 is 41.8. The van der Waals surface area contributed by atoms with Gasteiger partial charge in [-0.15, -0.1) is 0 Å². The van der Waals surface area contributed by atoms with Crippen LogP contribution < -0.4 is 9.47 Å². The van der Waals surface area contributed by atoms with Crippen molar-refractivity contribution in [2.45, 2.75) is 51.4 Å². The molecule has 1 fully saturated rings. The third kappa shape index (κ3) is 5.46. The highest BCUT2D eigenvalue weighted by atomic mass is 19.1. The Labute approximate surface area is 226 Å². The lowest BCUT2D eigenvalue weighted by Gasteiger charge is -2.29. The number of hydrogen-bond acceptors (Lipinski definition) is 6. The van der Waals surface area contributed by atoms with Gasteiger partial charge in [0.2, 0.25) is 5.88 Å². The summed E-state index contributed by atoms with van der Waals surface area (Å²) in [4.78, 5) is 17.6. The van der Waals surface area contributed by atoms with Crippen molar-refractivity contribution in [2.24, 2.45) is 5.92 Å². The van der Waals surface area contributed by atoms with Gasteiger partial charge in [0.1, 0.15) is 11.9 Å². The topological polar surface area (TPSA) is 92.1 Å². The van der Waals surface area contributed by atoms with Crippen LogP contribution in [-0.4, -0.2) is 46.3 Å². The maximum Gasteiger partial charge on any atom is 0.309 e. The van der Waals surface area contributed by atoms with Crippen LogP contribution in [0.5, 0.6) is 11.6 Å². The summed E-state index contributed by atoms with van der Waals surface area (Å²) in [5.41, 5.74) is 3.47. The molecule has 3 atom stereocenters. The predicted molar refractivity (Wildman–Crippen MR) is 141 cm³/mol. The van der Waals surface area contributed by atoms with Crippen molar-refractivity contribution in [2.75, 3.05) is 20.2 Å². The molecule has 3 aromatic rings. The van der Waals surface area contributed by atoms with Crippen molar-refractivity contribution in [3.63, 3.8) is 0 Å². The molecule has 0 saturated carbocycles. The lowest BCUT2D eigenvalue weighted by molar-refractivity contribution is -0.145. The number of benzene rings is 2. The molecule has 2 N–H and O–H groups in total. The number of carbonyl (C=O) groups is 1. The molecule has 9 heteroatoms. The van der Waals surface area contributed by atoms with Crippen LogP contribution >= 0.6 is 0 Å². The second kappa shape index (κ2) is 11.3. The van der Waals surface area contributed by atoms with Crippen LogP contribution in [0.15, 0.2) is 42.6 Å². The largest absolute Gasteiger partial charge is 0.482 e. The normalized spacial score (nSPS) is 18.7. The van der Waals surface area contributed by atoms with Crippen molar-refractivity contribution >= 4 is 5.97 Å². The molecular weight excluding hydrogens is 506 g/mol. The number of halogens is 2. The van der Waals surface area contributed by atoms with Gasteiger partial charge in [-0.2, -0.15) is 0 Å². The lowest BCUT2D eigenvalue weighted by atomic mass is 9.90. The Morgan fingerprint density at radius 1 is 1.18 bits per heavy atom. The molecule has 1 saturated heterocycles. The Hall–Kier alpha value is -3.56. The Morgan fingerprint density at radius 3 is 2.67 bits per heavy atom. The molecule has 39 heavy (non-hydrogen) atoms. The average molecular weight is 539 g/mol. The maximum atomic E-state index is 15.5. The molecule has 0 spiro atoms. The standard InChI is InChI=1S/C30H32F2N2O5/c1-17(30(36)37)28(35)22-9-5-18-7-10-25(39-29(18)27(22)32)19-6-8-21(20(13-19)16-34-11-3-4-12-34)23-14-26(38-2)33-15-24(23)31/h5-6,8-9,13-15,17,25,28,35H,3-4,7,10-12,16H2,1-2H3,(H,36,37)/t17-,25+,28+/m0/s1. The first-order valence-corrected chi connectivity index (χ1v) is 13.2. The Morgan fingerprint density at radius 2 is 1.95 bits per heavy atom.